The SMILES string of the molecule is CCc1noc(CC)c1CNC(=NC)NCC(c1cccc(OC)c1)N(C)C. The van der Waals surface area contributed by atoms with Crippen LogP contribution in [0.3, 0.4) is 0 Å². The predicted molar refractivity (Wildman–Crippen MR) is 113 cm³/mol. The molecule has 1 heterocycles. The molecule has 0 saturated carbocycles. The van der Waals surface area contributed by atoms with Crippen molar-refractivity contribution in [3.8, 4) is 5.75 Å². The highest BCUT2D eigenvalue weighted by Crippen LogP contribution is 2.22. The van der Waals surface area contributed by atoms with Crippen molar-refractivity contribution >= 4 is 5.96 Å². The van der Waals surface area contributed by atoms with Gasteiger partial charge in [0.1, 0.15) is 11.5 Å². The maximum Gasteiger partial charge on any atom is 0.191 e. The number of guanidine groups is 1. The van der Waals surface area contributed by atoms with Crippen molar-refractivity contribution in [2.24, 2.45) is 4.99 Å². The van der Waals surface area contributed by atoms with Gasteiger partial charge < -0.3 is 24.8 Å². The molecule has 0 fully saturated rings. The fourth-order valence-electron chi connectivity index (χ4n) is 3.17. The second-order valence-electron chi connectivity index (χ2n) is 6.80. The number of hydrogen-bond acceptors (Lipinski definition) is 5. The normalized spacial score (nSPS) is 12.9. The first kappa shape index (κ1) is 21.8. The van der Waals surface area contributed by atoms with Gasteiger partial charge in [0.05, 0.1) is 18.8 Å². The number of aryl methyl sites for hydroxylation is 2. The monoisotopic (exact) mass is 387 g/mol. The Morgan fingerprint density at radius 1 is 1.25 bits per heavy atom. The van der Waals surface area contributed by atoms with Crippen molar-refractivity contribution in [2.75, 3.05) is 34.8 Å². The highest BCUT2D eigenvalue weighted by molar-refractivity contribution is 5.79. The van der Waals surface area contributed by atoms with Crippen molar-refractivity contribution in [3.63, 3.8) is 0 Å². The summed E-state index contributed by atoms with van der Waals surface area (Å²) in [5.41, 5.74) is 3.32. The van der Waals surface area contributed by atoms with E-state index in [1.54, 1.807) is 14.2 Å². The Hall–Kier alpha value is -2.54. The third kappa shape index (κ3) is 5.48. The molecule has 7 nitrogen and oxygen atoms in total. The van der Waals surface area contributed by atoms with Gasteiger partial charge in [-0.1, -0.05) is 31.1 Å². The number of hydrogen-bond donors (Lipinski definition) is 2. The van der Waals surface area contributed by atoms with Gasteiger partial charge >= 0.3 is 0 Å². The van der Waals surface area contributed by atoms with E-state index in [1.807, 2.05) is 12.1 Å². The van der Waals surface area contributed by atoms with Gasteiger partial charge in [0, 0.05) is 32.1 Å². The van der Waals surface area contributed by atoms with E-state index >= 15 is 0 Å². The number of likely N-dealkylation sites (N-methyl/N-ethyl adjacent to an activating group) is 1. The molecular weight excluding hydrogens is 354 g/mol. The lowest BCUT2D eigenvalue weighted by atomic mass is 10.1. The number of ether oxygens (including phenoxy) is 1. The molecule has 7 heteroatoms. The van der Waals surface area contributed by atoms with Crippen LogP contribution in [0.25, 0.3) is 0 Å². The van der Waals surface area contributed by atoms with Gasteiger partial charge in [-0.25, -0.2) is 0 Å². The third-order valence-electron chi connectivity index (χ3n) is 4.83. The van der Waals surface area contributed by atoms with Gasteiger partial charge in [0.2, 0.25) is 0 Å². The standard InChI is InChI=1S/C21H33N5O2/c1-7-18-17(20(8-2)28-25-18)13-23-21(22-3)24-14-19(26(4)5)15-10-9-11-16(12-15)27-6/h9-12,19H,7-8,13-14H2,1-6H3,(H2,22,23,24). The molecule has 0 saturated heterocycles. The number of rotatable bonds is 9. The molecule has 0 radical (unpaired) electrons. The molecule has 0 aliphatic carbocycles. The molecule has 1 atom stereocenters. The number of aromatic nitrogens is 1. The minimum atomic E-state index is 0.182. The van der Waals surface area contributed by atoms with E-state index in [-0.39, 0.29) is 6.04 Å². The molecule has 0 amide bonds. The van der Waals surface area contributed by atoms with E-state index in [0.29, 0.717) is 13.1 Å². The summed E-state index contributed by atoms with van der Waals surface area (Å²) in [6.07, 6.45) is 1.68. The van der Waals surface area contributed by atoms with Crippen molar-refractivity contribution in [3.05, 3.63) is 46.8 Å². The van der Waals surface area contributed by atoms with Gasteiger partial charge in [-0.15, -0.1) is 0 Å². The predicted octanol–water partition coefficient (Wildman–Crippen LogP) is 2.78. The fourth-order valence-corrected chi connectivity index (χ4v) is 3.17. The zero-order chi connectivity index (χ0) is 20.5. The minimum Gasteiger partial charge on any atom is -0.497 e. The summed E-state index contributed by atoms with van der Waals surface area (Å²) in [6.45, 7) is 5.52. The number of aliphatic imine (C=N–C) groups is 1. The summed E-state index contributed by atoms with van der Waals surface area (Å²) in [6, 6.07) is 8.34. The molecule has 1 aromatic carbocycles. The first-order chi connectivity index (χ1) is 13.5. The Balaban J connectivity index is 2.02. The molecule has 2 aromatic rings. The first-order valence-corrected chi connectivity index (χ1v) is 9.75. The number of methoxy groups -OCH3 is 1. The van der Waals surface area contributed by atoms with E-state index < -0.39 is 0 Å². The summed E-state index contributed by atoms with van der Waals surface area (Å²) in [5, 5.41) is 11.0. The van der Waals surface area contributed by atoms with Crippen molar-refractivity contribution < 1.29 is 9.26 Å². The van der Waals surface area contributed by atoms with Crippen LogP contribution in [0.2, 0.25) is 0 Å². The molecular formula is C21H33N5O2. The van der Waals surface area contributed by atoms with Crippen LogP contribution < -0.4 is 15.4 Å². The summed E-state index contributed by atoms with van der Waals surface area (Å²) in [5.74, 6) is 2.54. The van der Waals surface area contributed by atoms with Crippen LogP contribution in [-0.4, -0.2) is 50.8 Å². The van der Waals surface area contributed by atoms with Gasteiger partial charge in [-0.05, 0) is 38.2 Å². The number of benzene rings is 1. The molecule has 154 valence electrons. The smallest absolute Gasteiger partial charge is 0.191 e. The number of nitrogens with one attached hydrogen (secondary N) is 2. The molecule has 0 bridgehead atoms. The van der Waals surface area contributed by atoms with E-state index in [4.69, 9.17) is 9.26 Å². The van der Waals surface area contributed by atoms with Crippen LogP contribution in [0.1, 0.15) is 42.5 Å². The van der Waals surface area contributed by atoms with E-state index in [2.05, 4.69) is 65.8 Å². The number of nitrogens with zero attached hydrogens (tertiary/aromatic N) is 3. The van der Waals surface area contributed by atoms with Gasteiger partial charge in [-0.3, -0.25) is 4.99 Å². The Bertz CT molecular complexity index is 748. The van der Waals surface area contributed by atoms with E-state index in [0.717, 1.165) is 41.6 Å². The molecule has 1 unspecified atom stereocenters. The Labute approximate surface area is 168 Å². The fraction of sp³-hybridized carbons (Fsp3) is 0.524. The summed E-state index contributed by atoms with van der Waals surface area (Å²) in [7, 11) is 7.61. The molecule has 28 heavy (non-hydrogen) atoms. The van der Waals surface area contributed by atoms with Crippen LogP contribution in [0, 0.1) is 0 Å². The first-order valence-electron chi connectivity index (χ1n) is 9.75. The molecule has 0 aliphatic heterocycles. The van der Waals surface area contributed by atoms with Crippen molar-refractivity contribution in [1.82, 2.24) is 20.7 Å². The average molecular weight is 388 g/mol. The lowest BCUT2D eigenvalue weighted by molar-refractivity contribution is 0.297. The largest absolute Gasteiger partial charge is 0.497 e. The third-order valence-corrected chi connectivity index (χ3v) is 4.83. The zero-order valence-corrected chi connectivity index (χ0v) is 17.9. The zero-order valence-electron chi connectivity index (χ0n) is 17.9. The Morgan fingerprint density at radius 3 is 2.64 bits per heavy atom. The van der Waals surface area contributed by atoms with E-state index in [9.17, 15) is 0 Å². The van der Waals surface area contributed by atoms with Crippen LogP contribution in [0.5, 0.6) is 5.75 Å². The topological polar surface area (TPSA) is 74.9 Å². The Kier molecular flexibility index (Phi) is 8.32. The highest BCUT2D eigenvalue weighted by atomic mass is 16.5. The molecule has 1 aromatic heterocycles. The maximum atomic E-state index is 5.44. The van der Waals surface area contributed by atoms with Crippen LogP contribution in [0.15, 0.2) is 33.8 Å². The van der Waals surface area contributed by atoms with Gasteiger partial charge in [-0.2, -0.15) is 0 Å². The lowest BCUT2D eigenvalue weighted by Gasteiger charge is -2.26. The summed E-state index contributed by atoms with van der Waals surface area (Å²) >= 11 is 0. The molecule has 0 aliphatic rings. The lowest BCUT2D eigenvalue weighted by Crippen LogP contribution is -2.41. The highest BCUT2D eigenvalue weighted by Gasteiger charge is 2.17. The van der Waals surface area contributed by atoms with E-state index in [1.165, 1.54) is 5.56 Å². The van der Waals surface area contributed by atoms with Crippen LogP contribution in [-0.2, 0) is 19.4 Å². The second kappa shape index (κ2) is 10.7. The average Bonchev–Trinajstić information content (AvgIpc) is 3.12. The van der Waals surface area contributed by atoms with Gasteiger partial charge in [0.15, 0.2) is 5.96 Å². The summed E-state index contributed by atoms with van der Waals surface area (Å²) in [4.78, 5) is 6.54. The van der Waals surface area contributed by atoms with Crippen LogP contribution >= 0.6 is 0 Å². The Morgan fingerprint density at radius 2 is 2.04 bits per heavy atom. The second-order valence-corrected chi connectivity index (χ2v) is 6.80. The molecule has 2 rings (SSSR count). The van der Waals surface area contributed by atoms with Crippen LogP contribution in [0.4, 0.5) is 0 Å². The van der Waals surface area contributed by atoms with Crippen molar-refractivity contribution in [2.45, 2.75) is 39.3 Å². The molecule has 2 N–H and O–H groups in total. The maximum absolute atomic E-state index is 5.44. The quantitative estimate of drug-likeness (QED) is 0.509. The summed E-state index contributed by atoms with van der Waals surface area (Å²) < 4.78 is 10.8. The van der Waals surface area contributed by atoms with Gasteiger partial charge in [0.25, 0.3) is 0 Å². The minimum absolute atomic E-state index is 0.182. The molecule has 0 spiro atoms. The van der Waals surface area contributed by atoms with Crippen molar-refractivity contribution in [1.29, 1.82) is 0 Å².